The molecule has 0 amide bonds. The van der Waals surface area contributed by atoms with Gasteiger partial charge in [-0.25, -0.2) is 0 Å². The molecule has 2 saturated heterocycles. The van der Waals surface area contributed by atoms with Crippen LogP contribution in [0.5, 0.6) is 0 Å². The van der Waals surface area contributed by atoms with Crippen molar-refractivity contribution >= 4 is 45.1 Å². The zero-order chi connectivity index (χ0) is 23.7. The Morgan fingerprint density at radius 2 is 1.53 bits per heavy atom. The predicted octanol–water partition coefficient (Wildman–Crippen LogP) is 10.6. The van der Waals surface area contributed by atoms with Crippen LogP contribution >= 0.6 is 45.1 Å². The molecule has 1 atom stereocenters. The van der Waals surface area contributed by atoms with E-state index in [9.17, 15) is 0 Å². The first-order chi connectivity index (χ1) is 16.8. The molecular formula is C28H44O2S4. The van der Waals surface area contributed by atoms with Gasteiger partial charge < -0.3 is 8.83 Å². The van der Waals surface area contributed by atoms with Crippen LogP contribution in [-0.2, 0) is 10.5 Å². The Morgan fingerprint density at radius 3 is 2.15 bits per heavy atom. The van der Waals surface area contributed by atoms with E-state index in [1.54, 1.807) is 6.26 Å². The maximum absolute atomic E-state index is 5.77. The molecule has 6 heteroatoms. The summed E-state index contributed by atoms with van der Waals surface area (Å²) in [5, 5.41) is 0.773. The molecule has 2 aromatic rings. The van der Waals surface area contributed by atoms with Crippen LogP contribution in [0.15, 0.2) is 45.6 Å². The van der Waals surface area contributed by atoms with Crippen molar-refractivity contribution in [2.75, 3.05) is 17.3 Å². The molecule has 2 aliphatic rings. The van der Waals surface area contributed by atoms with Crippen molar-refractivity contribution in [1.82, 2.24) is 0 Å². The van der Waals surface area contributed by atoms with E-state index in [1.807, 2.05) is 40.0 Å². The van der Waals surface area contributed by atoms with Crippen molar-refractivity contribution in [3.05, 3.63) is 48.3 Å². The maximum atomic E-state index is 5.77. The topological polar surface area (TPSA) is 26.3 Å². The van der Waals surface area contributed by atoms with Crippen molar-refractivity contribution in [3.63, 3.8) is 0 Å². The van der Waals surface area contributed by atoms with Crippen molar-refractivity contribution in [3.8, 4) is 0 Å². The summed E-state index contributed by atoms with van der Waals surface area (Å²) in [7, 11) is 4.02. The monoisotopic (exact) mass is 540 g/mol. The summed E-state index contributed by atoms with van der Waals surface area (Å²) >= 11 is 4.23. The number of unbranched alkanes of at least 4 members (excludes halogenated alkanes) is 8. The summed E-state index contributed by atoms with van der Waals surface area (Å²) in [6, 6.07) is 8.26. The van der Waals surface area contributed by atoms with Crippen molar-refractivity contribution in [2.24, 2.45) is 0 Å². The Morgan fingerprint density at radius 1 is 0.824 bits per heavy atom. The molecule has 0 N–H and O–H groups in total. The van der Waals surface area contributed by atoms with Crippen LogP contribution in [-0.4, -0.2) is 22.5 Å². The largest absolute Gasteiger partial charge is 0.469 e. The fourth-order valence-electron chi connectivity index (χ4n) is 4.50. The SMILES string of the molecule is CCCCCCCCCCCC1(c2ccco2)SCCCS1.c1coc(CC2CCCSS2)c1. The van der Waals surface area contributed by atoms with Gasteiger partial charge in [-0.1, -0.05) is 86.3 Å². The van der Waals surface area contributed by atoms with Crippen molar-refractivity contribution < 1.29 is 8.83 Å². The van der Waals surface area contributed by atoms with Crippen LogP contribution in [0.3, 0.4) is 0 Å². The minimum absolute atomic E-state index is 0.211. The van der Waals surface area contributed by atoms with Gasteiger partial charge in [-0.15, -0.1) is 23.5 Å². The molecule has 0 spiro atoms. The first-order valence-corrected chi connectivity index (χ1v) is 17.8. The summed E-state index contributed by atoms with van der Waals surface area (Å²) in [4.78, 5) is 0. The fourth-order valence-corrected chi connectivity index (χ4v) is 10.6. The van der Waals surface area contributed by atoms with E-state index >= 15 is 0 Å². The maximum Gasteiger partial charge on any atom is 0.129 e. The number of furan rings is 2. The zero-order valence-electron chi connectivity index (χ0n) is 21.0. The highest BCUT2D eigenvalue weighted by atomic mass is 33.1. The van der Waals surface area contributed by atoms with E-state index in [0.717, 1.165) is 17.4 Å². The highest BCUT2D eigenvalue weighted by Crippen LogP contribution is 2.53. The number of hydrogen-bond acceptors (Lipinski definition) is 6. The van der Waals surface area contributed by atoms with Crippen LogP contribution in [0, 0.1) is 0 Å². The first-order valence-electron chi connectivity index (χ1n) is 13.4. The van der Waals surface area contributed by atoms with E-state index in [4.69, 9.17) is 8.83 Å². The van der Waals surface area contributed by atoms with E-state index < -0.39 is 0 Å². The number of rotatable bonds is 13. The lowest BCUT2D eigenvalue weighted by Crippen LogP contribution is -2.22. The molecule has 2 aliphatic heterocycles. The fraction of sp³-hybridized carbons (Fsp3) is 0.714. The molecule has 0 radical (unpaired) electrons. The molecule has 192 valence electrons. The summed E-state index contributed by atoms with van der Waals surface area (Å²) in [5.74, 6) is 6.21. The minimum atomic E-state index is 0.211. The third-order valence-electron chi connectivity index (χ3n) is 6.43. The smallest absolute Gasteiger partial charge is 0.129 e. The van der Waals surface area contributed by atoms with Crippen molar-refractivity contribution in [1.29, 1.82) is 0 Å². The highest BCUT2D eigenvalue weighted by molar-refractivity contribution is 8.77. The second kappa shape index (κ2) is 17.4. The summed E-state index contributed by atoms with van der Waals surface area (Å²) < 4.78 is 11.3. The van der Waals surface area contributed by atoms with Gasteiger partial charge in [-0.05, 0) is 61.5 Å². The van der Waals surface area contributed by atoms with E-state index in [1.165, 1.54) is 106 Å². The van der Waals surface area contributed by atoms with E-state index in [2.05, 4.69) is 42.6 Å². The van der Waals surface area contributed by atoms with Gasteiger partial charge in [0.15, 0.2) is 0 Å². The third-order valence-corrected chi connectivity index (χ3v) is 12.9. The molecule has 0 aromatic carbocycles. The molecule has 34 heavy (non-hydrogen) atoms. The molecule has 0 saturated carbocycles. The van der Waals surface area contributed by atoms with Gasteiger partial charge in [0.2, 0.25) is 0 Å². The summed E-state index contributed by atoms with van der Waals surface area (Å²) in [6.45, 7) is 2.29. The normalized spacial score (nSPS) is 20.0. The van der Waals surface area contributed by atoms with E-state index in [0.29, 0.717) is 0 Å². The summed E-state index contributed by atoms with van der Waals surface area (Å²) in [5.41, 5.74) is 0. The van der Waals surface area contributed by atoms with Gasteiger partial charge in [0.05, 0.1) is 12.5 Å². The Labute approximate surface area is 224 Å². The van der Waals surface area contributed by atoms with Crippen molar-refractivity contribution in [2.45, 2.75) is 106 Å². The quantitative estimate of drug-likeness (QED) is 0.185. The van der Waals surface area contributed by atoms with Gasteiger partial charge in [0.1, 0.15) is 15.6 Å². The molecule has 0 bridgehead atoms. The Kier molecular flexibility index (Phi) is 14.6. The standard InChI is InChI=1S/C19H32OS2.C9H12OS2/c1-2-3-4-5-6-7-8-9-10-14-19(18-13-11-15-20-18)21-16-12-17-22-19;1-3-8(10-5-1)7-9-4-2-6-11-12-9/h11,13,15H,2-10,12,14,16-17H2,1H3;1,3,5,9H,2,4,6-7H2. The van der Waals surface area contributed by atoms with Gasteiger partial charge in [0, 0.05) is 17.4 Å². The summed E-state index contributed by atoms with van der Waals surface area (Å²) in [6.07, 6.45) is 22.7. The molecule has 0 aliphatic carbocycles. The van der Waals surface area contributed by atoms with Gasteiger partial charge in [-0.3, -0.25) is 0 Å². The average Bonchev–Trinajstić information content (AvgIpc) is 3.60. The predicted molar refractivity (Wildman–Crippen MR) is 157 cm³/mol. The zero-order valence-corrected chi connectivity index (χ0v) is 24.3. The molecule has 1 unspecified atom stereocenters. The van der Waals surface area contributed by atoms with Gasteiger partial charge in [0.25, 0.3) is 0 Å². The molecule has 2 fully saturated rings. The van der Waals surface area contributed by atoms with Crippen LogP contribution in [0.4, 0.5) is 0 Å². The third kappa shape index (κ3) is 10.5. The van der Waals surface area contributed by atoms with Crippen LogP contribution in [0.2, 0.25) is 0 Å². The molecule has 4 heterocycles. The molecular weight excluding hydrogens is 497 g/mol. The average molecular weight is 541 g/mol. The van der Waals surface area contributed by atoms with Crippen LogP contribution in [0.25, 0.3) is 0 Å². The minimum Gasteiger partial charge on any atom is -0.469 e. The lowest BCUT2D eigenvalue weighted by atomic mass is 10.1. The lowest BCUT2D eigenvalue weighted by molar-refractivity contribution is 0.468. The Balaban J connectivity index is 0.000000226. The highest BCUT2D eigenvalue weighted by Gasteiger charge is 2.37. The Bertz CT molecular complexity index is 705. The molecule has 2 nitrogen and oxygen atoms in total. The Hall–Kier alpha value is -0.0400. The number of hydrogen-bond donors (Lipinski definition) is 0. The van der Waals surface area contributed by atoms with Gasteiger partial charge in [-0.2, -0.15) is 0 Å². The van der Waals surface area contributed by atoms with Crippen LogP contribution in [0.1, 0.15) is 102 Å². The molecule has 2 aromatic heterocycles. The molecule has 4 rings (SSSR count). The van der Waals surface area contributed by atoms with Crippen LogP contribution < -0.4 is 0 Å². The van der Waals surface area contributed by atoms with Gasteiger partial charge >= 0.3 is 0 Å². The second-order valence-corrected chi connectivity index (χ2v) is 15.2. The number of thioether (sulfide) groups is 2. The van der Waals surface area contributed by atoms with E-state index in [-0.39, 0.29) is 4.08 Å². The first kappa shape index (κ1) is 28.5. The second-order valence-electron chi connectivity index (χ2n) is 9.33. The lowest BCUT2D eigenvalue weighted by Gasteiger charge is -2.34.